The van der Waals surface area contributed by atoms with Crippen molar-refractivity contribution >= 4 is 16.8 Å². The lowest BCUT2D eigenvalue weighted by atomic mass is 10.1. The highest BCUT2D eigenvalue weighted by molar-refractivity contribution is 5.95. The number of nitrogens with one attached hydrogen (secondary N) is 1. The molecule has 7 nitrogen and oxygen atoms in total. The first-order chi connectivity index (χ1) is 11.9. The van der Waals surface area contributed by atoms with Gasteiger partial charge in [-0.2, -0.15) is 10.2 Å². The summed E-state index contributed by atoms with van der Waals surface area (Å²) in [6.45, 7) is 6.98. The number of rotatable bonds is 4. The number of hydrogen-bond acceptors (Lipinski definition) is 4. The van der Waals surface area contributed by atoms with Crippen molar-refractivity contribution < 1.29 is 4.79 Å². The zero-order chi connectivity index (χ0) is 18.1. The third-order valence-corrected chi connectivity index (χ3v) is 4.43. The molecule has 0 aliphatic carbocycles. The van der Waals surface area contributed by atoms with Gasteiger partial charge in [-0.15, -0.1) is 0 Å². The molecule has 2 aromatic heterocycles. The summed E-state index contributed by atoms with van der Waals surface area (Å²) in [7, 11) is 1.72. The van der Waals surface area contributed by atoms with E-state index in [1.165, 1.54) is 0 Å². The van der Waals surface area contributed by atoms with Crippen molar-refractivity contribution in [3.05, 3.63) is 57.1 Å². The van der Waals surface area contributed by atoms with Crippen LogP contribution in [-0.2, 0) is 20.1 Å². The number of carbonyl (C=O) groups excluding carboxylic acids is 1. The van der Waals surface area contributed by atoms with Crippen LogP contribution in [-0.4, -0.2) is 25.5 Å². The van der Waals surface area contributed by atoms with Crippen LogP contribution in [0.15, 0.2) is 29.1 Å². The molecule has 0 fully saturated rings. The summed E-state index contributed by atoms with van der Waals surface area (Å²) < 4.78 is 3.45. The monoisotopic (exact) mass is 339 g/mol. The van der Waals surface area contributed by atoms with Crippen molar-refractivity contribution in [3.63, 3.8) is 0 Å². The number of para-hydroxylation sites is 1. The van der Waals surface area contributed by atoms with Gasteiger partial charge in [0, 0.05) is 36.8 Å². The Morgan fingerprint density at radius 1 is 1.20 bits per heavy atom. The molecule has 25 heavy (non-hydrogen) atoms. The molecule has 0 saturated carbocycles. The summed E-state index contributed by atoms with van der Waals surface area (Å²) in [5.41, 5.74) is 3.09. The number of aromatic nitrogens is 4. The predicted octanol–water partition coefficient (Wildman–Crippen LogP) is 1.70. The Hall–Kier alpha value is -2.96. The molecule has 0 unspecified atom stereocenters. The number of aryl methyl sites for hydroxylation is 3. The van der Waals surface area contributed by atoms with Gasteiger partial charge in [0.05, 0.1) is 11.2 Å². The molecular formula is C18H21N5O2. The maximum atomic E-state index is 12.6. The molecule has 7 heteroatoms. The summed E-state index contributed by atoms with van der Waals surface area (Å²) in [6, 6.07) is 7.12. The molecule has 0 atom stereocenters. The van der Waals surface area contributed by atoms with Crippen molar-refractivity contribution in [2.45, 2.75) is 33.9 Å². The van der Waals surface area contributed by atoms with Gasteiger partial charge in [0.1, 0.15) is 0 Å². The molecule has 3 rings (SSSR count). The second-order valence-electron chi connectivity index (χ2n) is 5.97. The number of carbonyl (C=O) groups is 1. The standard InChI is InChI=1S/C18H21N5O2/c1-5-23-12(3)14(11(2)20-23)10-19-18(25)16-17(24)13-8-6-7-9-15(13)22(4)21-16/h6-9H,5,10H2,1-4H3,(H,19,25). The van der Waals surface area contributed by atoms with Crippen LogP contribution in [0.5, 0.6) is 0 Å². The van der Waals surface area contributed by atoms with Gasteiger partial charge in [-0.05, 0) is 32.9 Å². The first kappa shape index (κ1) is 16.9. The van der Waals surface area contributed by atoms with E-state index in [1.807, 2.05) is 31.5 Å². The van der Waals surface area contributed by atoms with Gasteiger partial charge >= 0.3 is 0 Å². The van der Waals surface area contributed by atoms with Crippen molar-refractivity contribution in [3.8, 4) is 0 Å². The van der Waals surface area contributed by atoms with Crippen molar-refractivity contribution in [2.75, 3.05) is 0 Å². The van der Waals surface area contributed by atoms with Gasteiger partial charge in [0.15, 0.2) is 5.69 Å². The second-order valence-corrected chi connectivity index (χ2v) is 5.97. The molecule has 1 N–H and O–H groups in total. The van der Waals surface area contributed by atoms with E-state index in [0.29, 0.717) is 17.4 Å². The fourth-order valence-electron chi connectivity index (χ4n) is 3.02. The Morgan fingerprint density at radius 2 is 1.92 bits per heavy atom. The normalized spacial score (nSPS) is 11.0. The van der Waals surface area contributed by atoms with Crippen LogP contribution in [0.3, 0.4) is 0 Å². The Labute approximate surface area is 145 Å². The summed E-state index contributed by atoms with van der Waals surface area (Å²) in [5.74, 6) is -0.477. The quantitative estimate of drug-likeness (QED) is 0.784. The average molecular weight is 339 g/mol. The van der Waals surface area contributed by atoms with Crippen LogP contribution in [0.4, 0.5) is 0 Å². The van der Waals surface area contributed by atoms with Gasteiger partial charge in [0.2, 0.25) is 5.43 Å². The largest absolute Gasteiger partial charge is 0.346 e. The molecule has 0 bridgehead atoms. The lowest BCUT2D eigenvalue weighted by Crippen LogP contribution is -2.31. The topological polar surface area (TPSA) is 81.8 Å². The molecule has 1 amide bonds. The highest BCUT2D eigenvalue weighted by Gasteiger charge is 2.18. The maximum absolute atomic E-state index is 12.6. The van der Waals surface area contributed by atoms with E-state index < -0.39 is 5.91 Å². The highest BCUT2D eigenvalue weighted by atomic mass is 16.2. The maximum Gasteiger partial charge on any atom is 0.276 e. The minimum atomic E-state index is -0.477. The number of fused-ring (bicyclic) bond motifs is 1. The molecule has 0 saturated heterocycles. The molecule has 3 aromatic rings. The highest BCUT2D eigenvalue weighted by Crippen LogP contribution is 2.13. The predicted molar refractivity (Wildman–Crippen MR) is 95.5 cm³/mol. The van der Waals surface area contributed by atoms with Crippen LogP contribution >= 0.6 is 0 Å². The molecule has 2 heterocycles. The Balaban J connectivity index is 1.90. The number of benzene rings is 1. The molecule has 0 aliphatic heterocycles. The van der Waals surface area contributed by atoms with Gasteiger partial charge < -0.3 is 5.32 Å². The fourth-order valence-corrected chi connectivity index (χ4v) is 3.02. The first-order valence-electron chi connectivity index (χ1n) is 8.21. The Morgan fingerprint density at radius 3 is 2.60 bits per heavy atom. The van der Waals surface area contributed by atoms with Crippen LogP contribution in [0.1, 0.15) is 34.4 Å². The number of amides is 1. The lowest BCUT2D eigenvalue weighted by molar-refractivity contribution is 0.0943. The molecule has 0 radical (unpaired) electrons. The zero-order valence-corrected chi connectivity index (χ0v) is 14.8. The summed E-state index contributed by atoms with van der Waals surface area (Å²) >= 11 is 0. The van der Waals surface area contributed by atoms with Crippen molar-refractivity contribution in [1.82, 2.24) is 24.9 Å². The minimum Gasteiger partial charge on any atom is -0.346 e. The average Bonchev–Trinajstić information content (AvgIpc) is 2.89. The fraction of sp³-hybridized carbons (Fsp3) is 0.333. The van der Waals surface area contributed by atoms with E-state index in [1.54, 1.807) is 29.9 Å². The van der Waals surface area contributed by atoms with Crippen LogP contribution in [0.25, 0.3) is 10.9 Å². The van der Waals surface area contributed by atoms with E-state index >= 15 is 0 Å². The summed E-state index contributed by atoms with van der Waals surface area (Å²) in [5, 5.41) is 11.9. The van der Waals surface area contributed by atoms with Crippen LogP contribution < -0.4 is 10.7 Å². The van der Waals surface area contributed by atoms with E-state index in [9.17, 15) is 9.59 Å². The van der Waals surface area contributed by atoms with Gasteiger partial charge in [0.25, 0.3) is 5.91 Å². The zero-order valence-electron chi connectivity index (χ0n) is 14.8. The molecule has 1 aromatic carbocycles. The molecule has 0 aliphatic rings. The third-order valence-electron chi connectivity index (χ3n) is 4.43. The molecule has 0 spiro atoms. The van der Waals surface area contributed by atoms with E-state index in [-0.39, 0.29) is 11.1 Å². The second kappa shape index (κ2) is 6.51. The number of hydrogen-bond donors (Lipinski definition) is 1. The van der Waals surface area contributed by atoms with E-state index in [2.05, 4.69) is 15.5 Å². The van der Waals surface area contributed by atoms with Gasteiger partial charge in [-0.25, -0.2) is 0 Å². The third kappa shape index (κ3) is 2.93. The molecular weight excluding hydrogens is 318 g/mol. The van der Waals surface area contributed by atoms with Gasteiger partial charge in [-0.1, -0.05) is 12.1 Å². The SMILES string of the molecule is CCn1nc(C)c(CNC(=O)c2nn(C)c3ccccc3c2=O)c1C. The minimum absolute atomic E-state index is 0.0978. The van der Waals surface area contributed by atoms with E-state index in [0.717, 1.165) is 23.5 Å². The first-order valence-corrected chi connectivity index (χ1v) is 8.21. The Bertz CT molecular complexity index is 1020. The number of nitrogens with zero attached hydrogens (tertiary/aromatic N) is 4. The van der Waals surface area contributed by atoms with Crippen LogP contribution in [0, 0.1) is 13.8 Å². The molecule has 130 valence electrons. The van der Waals surface area contributed by atoms with Crippen molar-refractivity contribution in [1.29, 1.82) is 0 Å². The lowest BCUT2D eigenvalue weighted by Gasteiger charge is -2.09. The summed E-state index contributed by atoms with van der Waals surface area (Å²) in [4.78, 5) is 25.1. The van der Waals surface area contributed by atoms with E-state index in [4.69, 9.17) is 0 Å². The van der Waals surface area contributed by atoms with Crippen LogP contribution in [0.2, 0.25) is 0 Å². The summed E-state index contributed by atoms with van der Waals surface area (Å²) in [6.07, 6.45) is 0. The van der Waals surface area contributed by atoms with Gasteiger partial charge in [-0.3, -0.25) is 19.0 Å². The Kier molecular flexibility index (Phi) is 4.39. The van der Waals surface area contributed by atoms with Crippen molar-refractivity contribution in [2.24, 2.45) is 7.05 Å². The smallest absolute Gasteiger partial charge is 0.276 e.